The van der Waals surface area contributed by atoms with Crippen molar-refractivity contribution in [3.8, 4) is 22.3 Å². The van der Waals surface area contributed by atoms with Gasteiger partial charge in [-0.2, -0.15) is 0 Å². The molecule has 168 valence electrons. The zero-order chi connectivity index (χ0) is 22.3. The van der Waals surface area contributed by atoms with Crippen molar-refractivity contribution in [2.45, 2.75) is 31.2 Å². The molecule has 2 aliphatic heterocycles. The lowest BCUT2D eigenvalue weighted by molar-refractivity contribution is 0.0754. The number of benzene rings is 1. The summed E-state index contributed by atoms with van der Waals surface area (Å²) < 4.78 is 44.6. The fourth-order valence-electron chi connectivity index (χ4n) is 3.61. The number of rotatable bonds is 6. The number of likely N-dealkylation sites (tertiary alicyclic amines) is 1. The monoisotopic (exact) mass is 476 g/mol. The average Bonchev–Trinajstić information content (AvgIpc) is 3.57. The van der Waals surface area contributed by atoms with E-state index in [1.807, 2.05) is 0 Å². The highest BCUT2D eigenvalue weighted by Crippen LogP contribution is 2.34. The minimum atomic E-state index is -3.79. The molecule has 12 heteroatoms. The van der Waals surface area contributed by atoms with Crippen LogP contribution in [0.3, 0.4) is 0 Å². The second-order valence-electron chi connectivity index (χ2n) is 7.45. The smallest absolute Gasteiger partial charge is 0.311 e. The SMILES string of the molecule is Cc1sc(-c2nnc(C(=O)N3CCCC3)o2)cc1S(=O)(=O)NCc1ccc2c(c1)OCO2. The van der Waals surface area contributed by atoms with Crippen molar-refractivity contribution in [1.82, 2.24) is 19.8 Å². The summed E-state index contributed by atoms with van der Waals surface area (Å²) in [4.78, 5) is 15.3. The third-order valence-corrected chi connectivity index (χ3v) is 7.97. The van der Waals surface area contributed by atoms with E-state index < -0.39 is 10.0 Å². The van der Waals surface area contributed by atoms with E-state index in [1.54, 1.807) is 30.0 Å². The van der Waals surface area contributed by atoms with Crippen molar-refractivity contribution in [2.75, 3.05) is 19.9 Å². The van der Waals surface area contributed by atoms with Gasteiger partial charge in [0.15, 0.2) is 11.5 Å². The molecule has 0 saturated carbocycles. The molecule has 1 N–H and O–H groups in total. The van der Waals surface area contributed by atoms with Gasteiger partial charge in [0.1, 0.15) is 0 Å². The second-order valence-corrected chi connectivity index (χ2v) is 10.4. The third kappa shape index (κ3) is 3.96. The van der Waals surface area contributed by atoms with Crippen molar-refractivity contribution in [1.29, 1.82) is 0 Å². The number of ether oxygens (including phenoxy) is 2. The summed E-state index contributed by atoms with van der Waals surface area (Å²) in [6, 6.07) is 6.75. The first-order chi connectivity index (χ1) is 15.4. The van der Waals surface area contributed by atoms with Gasteiger partial charge < -0.3 is 18.8 Å². The summed E-state index contributed by atoms with van der Waals surface area (Å²) in [5, 5.41) is 7.80. The Bertz CT molecular complexity index is 1280. The van der Waals surface area contributed by atoms with Gasteiger partial charge in [0.2, 0.25) is 16.8 Å². The van der Waals surface area contributed by atoms with Gasteiger partial charge >= 0.3 is 11.8 Å². The molecule has 1 fully saturated rings. The van der Waals surface area contributed by atoms with E-state index in [9.17, 15) is 13.2 Å². The Labute approximate surface area is 188 Å². The number of carbonyl (C=O) groups excluding carboxylic acids is 1. The Hall–Kier alpha value is -2.96. The molecule has 2 aromatic heterocycles. The highest BCUT2D eigenvalue weighted by Gasteiger charge is 2.27. The number of hydrogen-bond acceptors (Lipinski definition) is 9. The topological polar surface area (TPSA) is 124 Å². The van der Waals surface area contributed by atoms with Gasteiger partial charge in [0.25, 0.3) is 5.89 Å². The minimum Gasteiger partial charge on any atom is -0.454 e. The molecule has 0 aliphatic carbocycles. The molecule has 3 aromatic rings. The first-order valence-corrected chi connectivity index (χ1v) is 12.3. The number of aryl methyl sites for hydroxylation is 1. The molecule has 1 amide bonds. The van der Waals surface area contributed by atoms with Crippen LogP contribution in [0.15, 0.2) is 33.6 Å². The molecule has 1 aromatic carbocycles. The number of nitrogens with zero attached hydrogens (tertiary/aromatic N) is 3. The summed E-state index contributed by atoms with van der Waals surface area (Å²) in [5.74, 6) is 0.965. The molecule has 0 unspecified atom stereocenters. The van der Waals surface area contributed by atoms with E-state index in [4.69, 9.17) is 13.9 Å². The standard InChI is InChI=1S/C20H20N4O6S2/c1-12-17(32(26,27)21-10-13-4-5-14-15(8-13)29-11-28-14)9-16(31-12)18-22-23-19(30-18)20(25)24-6-2-3-7-24/h4-5,8-9,21H,2-3,6-7,10-11H2,1H3. The van der Waals surface area contributed by atoms with Crippen LogP contribution in [0, 0.1) is 6.92 Å². The summed E-state index contributed by atoms with van der Waals surface area (Å²) in [6.07, 6.45) is 1.91. The molecule has 10 nitrogen and oxygen atoms in total. The maximum Gasteiger partial charge on any atom is 0.311 e. The number of aromatic nitrogens is 2. The van der Waals surface area contributed by atoms with Crippen molar-refractivity contribution in [3.63, 3.8) is 0 Å². The van der Waals surface area contributed by atoms with E-state index in [0.29, 0.717) is 34.3 Å². The maximum absolute atomic E-state index is 12.9. The van der Waals surface area contributed by atoms with E-state index >= 15 is 0 Å². The fraction of sp³-hybridized carbons (Fsp3) is 0.350. The van der Waals surface area contributed by atoms with Crippen LogP contribution in [-0.2, 0) is 16.6 Å². The van der Waals surface area contributed by atoms with Gasteiger partial charge in [0, 0.05) is 24.5 Å². The highest BCUT2D eigenvalue weighted by molar-refractivity contribution is 7.89. The number of fused-ring (bicyclic) bond motifs is 1. The lowest BCUT2D eigenvalue weighted by atomic mass is 10.2. The van der Waals surface area contributed by atoms with Crippen LogP contribution in [-0.4, -0.2) is 49.3 Å². The second kappa shape index (κ2) is 8.19. The Balaban J connectivity index is 1.32. The van der Waals surface area contributed by atoms with E-state index in [0.717, 1.165) is 18.4 Å². The van der Waals surface area contributed by atoms with Gasteiger partial charge in [-0.05, 0) is 43.5 Å². The summed E-state index contributed by atoms with van der Waals surface area (Å²) >= 11 is 1.21. The van der Waals surface area contributed by atoms with Gasteiger partial charge in [-0.25, -0.2) is 13.1 Å². The molecule has 1 saturated heterocycles. The maximum atomic E-state index is 12.9. The molecule has 2 aliphatic rings. The Kier molecular flexibility index (Phi) is 5.35. The normalized spacial score (nSPS) is 15.5. The number of hydrogen-bond donors (Lipinski definition) is 1. The van der Waals surface area contributed by atoms with E-state index in [-0.39, 0.29) is 35.9 Å². The Morgan fingerprint density at radius 3 is 2.75 bits per heavy atom. The molecule has 0 bridgehead atoms. The van der Waals surface area contributed by atoms with E-state index in [2.05, 4.69) is 14.9 Å². The molecule has 0 spiro atoms. The van der Waals surface area contributed by atoms with Crippen molar-refractivity contribution < 1.29 is 27.1 Å². The lowest BCUT2D eigenvalue weighted by Crippen LogP contribution is -2.27. The summed E-state index contributed by atoms with van der Waals surface area (Å²) in [7, 11) is -3.79. The Morgan fingerprint density at radius 1 is 1.16 bits per heavy atom. The first-order valence-electron chi connectivity index (χ1n) is 10.0. The average molecular weight is 477 g/mol. The van der Waals surface area contributed by atoms with Crippen LogP contribution in [0.4, 0.5) is 0 Å². The third-order valence-electron chi connectivity index (χ3n) is 5.28. The first kappa shape index (κ1) is 20.9. The van der Waals surface area contributed by atoms with Crippen molar-refractivity contribution in [2.24, 2.45) is 0 Å². The van der Waals surface area contributed by atoms with Crippen LogP contribution in [0.1, 0.15) is 34.0 Å². The van der Waals surface area contributed by atoms with Crippen molar-refractivity contribution in [3.05, 3.63) is 40.6 Å². The van der Waals surface area contributed by atoms with Gasteiger partial charge in [-0.15, -0.1) is 21.5 Å². The molecule has 5 rings (SSSR count). The van der Waals surface area contributed by atoms with Crippen LogP contribution < -0.4 is 14.2 Å². The highest BCUT2D eigenvalue weighted by atomic mass is 32.2. The predicted molar refractivity (Wildman–Crippen MR) is 114 cm³/mol. The number of carbonyl (C=O) groups is 1. The summed E-state index contributed by atoms with van der Waals surface area (Å²) in [5.41, 5.74) is 0.743. The quantitative estimate of drug-likeness (QED) is 0.576. The zero-order valence-electron chi connectivity index (χ0n) is 17.2. The van der Waals surface area contributed by atoms with E-state index in [1.165, 1.54) is 17.4 Å². The van der Waals surface area contributed by atoms with Gasteiger partial charge in [-0.3, -0.25) is 4.79 Å². The zero-order valence-corrected chi connectivity index (χ0v) is 18.8. The number of amides is 1. The lowest BCUT2D eigenvalue weighted by Gasteiger charge is -2.11. The number of nitrogens with one attached hydrogen (secondary N) is 1. The predicted octanol–water partition coefficient (Wildman–Crippen LogP) is 2.55. The number of thiophene rings is 1. The molecule has 4 heterocycles. The molecular weight excluding hydrogens is 456 g/mol. The van der Waals surface area contributed by atoms with Crippen molar-refractivity contribution >= 4 is 27.3 Å². The van der Waals surface area contributed by atoms with Crippen LogP contribution in [0.2, 0.25) is 0 Å². The van der Waals surface area contributed by atoms with Crippen LogP contribution in [0.5, 0.6) is 11.5 Å². The molecule has 0 radical (unpaired) electrons. The fourth-order valence-corrected chi connectivity index (χ4v) is 6.14. The summed E-state index contributed by atoms with van der Waals surface area (Å²) in [6.45, 7) is 3.30. The van der Waals surface area contributed by atoms with Crippen LogP contribution in [0.25, 0.3) is 10.8 Å². The van der Waals surface area contributed by atoms with Crippen LogP contribution >= 0.6 is 11.3 Å². The number of sulfonamides is 1. The molecular formula is C20H20N4O6S2. The Morgan fingerprint density at radius 2 is 1.94 bits per heavy atom. The minimum absolute atomic E-state index is 0.0849. The van der Waals surface area contributed by atoms with Gasteiger partial charge in [0.05, 0.1) is 9.77 Å². The molecule has 32 heavy (non-hydrogen) atoms. The molecule has 0 atom stereocenters. The largest absolute Gasteiger partial charge is 0.454 e. The van der Waals surface area contributed by atoms with Gasteiger partial charge in [-0.1, -0.05) is 6.07 Å².